The first kappa shape index (κ1) is 15.1. The summed E-state index contributed by atoms with van der Waals surface area (Å²) in [6.45, 7) is 1.70. The molecule has 18 heavy (non-hydrogen) atoms. The van der Waals surface area contributed by atoms with E-state index in [2.05, 4.69) is 27.8 Å². The van der Waals surface area contributed by atoms with E-state index in [1.54, 1.807) is 6.92 Å². The summed E-state index contributed by atoms with van der Waals surface area (Å²) in [7, 11) is -2.42. The normalized spacial score (nSPS) is 12.4. The molecule has 0 saturated heterocycles. The van der Waals surface area contributed by atoms with Crippen LogP contribution in [0.5, 0.6) is 0 Å². The van der Waals surface area contributed by atoms with E-state index in [9.17, 15) is 8.42 Å². The van der Waals surface area contributed by atoms with Gasteiger partial charge in [-0.3, -0.25) is 10.4 Å². The fourth-order valence-corrected chi connectivity index (χ4v) is 3.16. The lowest BCUT2D eigenvalue weighted by atomic mass is 10.2. The zero-order chi connectivity index (χ0) is 13.9. The number of aryl methyl sites for hydroxylation is 1. The average molecular weight is 309 g/mol. The molecule has 0 saturated carbocycles. The second-order valence-electron chi connectivity index (χ2n) is 3.39. The number of nitrogens with two attached hydrogens (primary N) is 1. The predicted molar refractivity (Wildman–Crippen MR) is 74.4 cm³/mol. The predicted octanol–water partition coefficient (Wildman–Crippen LogP) is 0.665. The van der Waals surface area contributed by atoms with Gasteiger partial charge in [-0.15, -0.1) is 12.6 Å². The van der Waals surface area contributed by atoms with Gasteiger partial charge in [0.1, 0.15) is 4.90 Å². The Morgan fingerprint density at radius 1 is 1.50 bits per heavy atom. The van der Waals surface area contributed by atoms with Gasteiger partial charge in [-0.1, -0.05) is 11.6 Å². The number of hydrogen-bond donors (Lipinski definition) is 4. The molecule has 9 heteroatoms. The van der Waals surface area contributed by atoms with Crippen molar-refractivity contribution in [1.29, 1.82) is 0 Å². The molecule has 0 aromatic heterocycles. The van der Waals surface area contributed by atoms with Crippen LogP contribution in [0, 0.1) is 6.92 Å². The molecule has 0 unspecified atom stereocenters. The number of nitrogens with zero attached hydrogens (tertiary/aromatic N) is 1. The summed E-state index contributed by atoms with van der Waals surface area (Å²) in [6, 6.07) is 2.89. The van der Waals surface area contributed by atoms with Gasteiger partial charge in [-0.05, 0) is 24.6 Å². The van der Waals surface area contributed by atoms with Gasteiger partial charge in [0.15, 0.2) is 0 Å². The number of halogens is 1. The first-order chi connectivity index (χ1) is 8.31. The number of aliphatic imine (C=N–C) groups is 1. The van der Waals surface area contributed by atoms with E-state index in [4.69, 9.17) is 17.4 Å². The fourth-order valence-electron chi connectivity index (χ4n) is 1.18. The van der Waals surface area contributed by atoms with Crippen molar-refractivity contribution in [1.82, 2.24) is 10.1 Å². The molecule has 4 N–H and O–H groups in total. The van der Waals surface area contributed by atoms with Gasteiger partial charge in [0.05, 0.1) is 0 Å². The minimum absolute atomic E-state index is 0.00383. The Hall–Kier alpha value is -0.960. The van der Waals surface area contributed by atoms with E-state index in [-0.39, 0.29) is 15.8 Å². The Bertz CT molecular complexity index is 586. The summed E-state index contributed by atoms with van der Waals surface area (Å²) >= 11 is 9.97. The van der Waals surface area contributed by atoms with Crippen LogP contribution in [-0.4, -0.2) is 21.4 Å². The Kier molecular flexibility index (Phi) is 4.85. The SMILES string of the molecule is CN=C(NN)NS(=O)(=O)c1cc(C)c(Cl)cc1S. The van der Waals surface area contributed by atoms with Crippen molar-refractivity contribution < 1.29 is 8.42 Å². The highest BCUT2D eigenvalue weighted by atomic mass is 35.5. The van der Waals surface area contributed by atoms with E-state index < -0.39 is 10.0 Å². The smallest absolute Gasteiger partial charge is 0.265 e. The number of benzene rings is 1. The van der Waals surface area contributed by atoms with Crippen molar-refractivity contribution in [3.63, 3.8) is 0 Å². The van der Waals surface area contributed by atoms with Gasteiger partial charge in [-0.25, -0.2) is 19.0 Å². The molecule has 1 aromatic rings. The molecule has 0 fully saturated rings. The maximum atomic E-state index is 12.1. The number of guanidine groups is 1. The first-order valence-electron chi connectivity index (χ1n) is 4.77. The lowest BCUT2D eigenvalue weighted by Gasteiger charge is -2.12. The lowest BCUT2D eigenvalue weighted by molar-refractivity contribution is 0.589. The molecule has 0 aliphatic rings. The molecule has 0 bridgehead atoms. The van der Waals surface area contributed by atoms with Crippen molar-refractivity contribution in [2.24, 2.45) is 10.8 Å². The molecular formula is C9H13ClN4O2S2. The second-order valence-corrected chi connectivity index (χ2v) is 5.93. The molecular weight excluding hydrogens is 296 g/mol. The van der Waals surface area contributed by atoms with Gasteiger partial charge in [0.25, 0.3) is 10.0 Å². The number of nitrogens with one attached hydrogen (secondary N) is 2. The van der Waals surface area contributed by atoms with Crippen molar-refractivity contribution >= 4 is 40.2 Å². The highest BCUT2D eigenvalue weighted by molar-refractivity contribution is 7.91. The lowest BCUT2D eigenvalue weighted by Crippen LogP contribution is -2.44. The molecule has 6 nitrogen and oxygen atoms in total. The number of sulfonamides is 1. The quantitative estimate of drug-likeness (QED) is 0.212. The molecule has 0 spiro atoms. The van der Waals surface area contributed by atoms with Crippen molar-refractivity contribution in [2.75, 3.05) is 7.05 Å². The maximum absolute atomic E-state index is 12.1. The van der Waals surface area contributed by atoms with Gasteiger partial charge in [0, 0.05) is 17.0 Å². The summed E-state index contributed by atoms with van der Waals surface area (Å²) in [5.74, 6) is 5.04. The molecule has 1 aromatic carbocycles. The van der Waals surface area contributed by atoms with Crippen LogP contribution in [0.2, 0.25) is 5.02 Å². The monoisotopic (exact) mass is 308 g/mol. The topological polar surface area (TPSA) is 96.6 Å². The minimum atomic E-state index is -3.81. The fraction of sp³-hybridized carbons (Fsp3) is 0.222. The van der Waals surface area contributed by atoms with Crippen molar-refractivity contribution in [2.45, 2.75) is 16.7 Å². The van der Waals surface area contributed by atoms with Gasteiger partial charge < -0.3 is 0 Å². The zero-order valence-corrected chi connectivity index (χ0v) is 12.2. The van der Waals surface area contributed by atoms with Crippen LogP contribution in [0.25, 0.3) is 0 Å². The maximum Gasteiger partial charge on any atom is 0.265 e. The van der Waals surface area contributed by atoms with Gasteiger partial charge >= 0.3 is 0 Å². The summed E-state index contributed by atoms with van der Waals surface area (Å²) in [5, 5.41) is 0.445. The Balaban J connectivity index is 3.25. The summed E-state index contributed by atoms with van der Waals surface area (Å²) in [4.78, 5) is 3.87. The molecule has 100 valence electrons. The largest absolute Gasteiger partial charge is 0.294 e. The van der Waals surface area contributed by atoms with E-state index >= 15 is 0 Å². The summed E-state index contributed by atoms with van der Waals surface area (Å²) in [5.41, 5.74) is 2.76. The number of hydrazine groups is 1. The van der Waals surface area contributed by atoms with Gasteiger partial charge in [0.2, 0.25) is 5.96 Å². The molecule has 0 aliphatic carbocycles. The van der Waals surface area contributed by atoms with Crippen LogP contribution in [-0.2, 0) is 10.0 Å². The third kappa shape index (κ3) is 3.29. The summed E-state index contributed by atoms with van der Waals surface area (Å²) in [6.07, 6.45) is 0. The molecule has 0 heterocycles. The number of hydrogen-bond acceptors (Lipinski definition) is 5. The zero-order valence-electron chi connectivity index (χ0n) is 9.73. The third-order valence-electron chi connectivity index (χ3n) is 2.12. The van der Waals surface area contributed by atoms with Crippen LogP contribution < -0.4 is 16.0 Å². The molecule has 0 aliphatic heterocycles. The molecule has 1 rings (SSSR count). The van der Waals surface area contributed by atoms with Gasteiger partial charge in [-0.2, -0.15) is 0 Å². The average Bonchev–Trinajstić information content (AvgIpc) is 2.30. The molecule has 0 atom stereocenters. The van der Waals surface area contributed by atoms with Crippen molar-refractivity contribution in [3.8, 4) is 0 Å². The van der Waals surface area contributed by atoms with Crippen LogP contribution in [0.4, 0.5) is 0 Å². The van der Waals surface area contributed by atoms with E-state index in [0.717, 1.165) is 0 Å². The molecule has 0 radical (unpaired) electrons. The van der Waals surface area contributed by atoms with E-state index in [0.29, 0.717) is 10.6 Å². The summed E-state index contributed by atoms with van der Waals surface area (Å²) < 4.78 is 26.3. The second kappa shape index (κ2) is 5.79. The standard InChI is InChI=1S/C9H13ClN4O2S2/c1-5-3-8(7(17)4-6(5)10)18(15,16)14-9(12-2)13-11/h3-4,17H,11H2,1-2H3,(H2,12,13,14). The Morgan fingerprint density at radius 2 is 2.11 bits per heavy atom. The van der Waals surface area contributed by atoms with Crippen LogP contribution in [0.1, 0.15) is 5.56 Å². The minimum Gasteiger partial charge on any atom is -0.294 e. The highest BCUT2D eigenvalue weighted by Crippen LogP contribution is 2.26. The Morgan fingerprint density at radius 3 is 2.61 bits per heavy atom. The van der Waals surface area contributed by atoms with E-state index in [1.807, 2.05) is 0 Å². The van der Waals surface area contributed by atoms with Crippen LogP contribution in [0.3, 0.4) is 0 Å². The number of thiol groups is 1. The highest BCUT2D eigenvalue weighted by Gasteiger charge is 2.20. The van der Waals surface area contributed by atoms with Crippen LogP contribution >= 0.6 is 24.2 Å². The van der Waals surface area contributed by atoms with Crippen molar-refractivity contribution in [3.05, 3.63) is 22.7 Å². The Labute approximate surface area is 116 Å². The van der Waals surface area contributed by atoms with E-state index in [1.165, 1.54) is 19.2 Å². The third-order valence-corrected chi connectivity index (χ3v) is 4.43. The molecule has 0 amide bonds. The number of rotatable bonds is 2. The first-order valence-corrected chi connectivity index (χ1v) is 7.08. The van der Waals surface area contributed by atoms with Crippen LogP contribution in [0.15, 0.2) is 26.9 Å².